The van der Waals surface area contributed by atoms with E-state index in [1.807, 2.05) is 24.3 Å². The molecule has 3 rings (SSSR count). The van der Waals surface area contributed by atoms with E-state index in [2.05, 4.69) is 29.4 Å². The molecular formula is C19H29N3O2. The van der Waals surface area contributed by atoms with E-state index in [1.165, 1.54) is 19.3 Å². The minimum atomic E-state index is -0.553. The van der Waals surface area contributed by atoms with Crippen LogP contribution in [0.5, 0.6) is 0 Å². The molecule has 132 valence electrons. The second kappa shape index (κ2) is 7.11. The Kier molecular flexibility index (Phi) is 5.11. The molecule has 0 aromatic heterocycles. The molecule has 1 aromatic rings. The van der Waals surface area contributed by atoms with Crippen LogP contribution < -0.4 is 10.6 Å². The third-order valence-corrected chi connectivity index (χ3v) is 5.38. The highest BCUT2D eigenvalue weighted by atomic mass is 16.3. The Morgan fingerprint density at radius 3 is 2.71 bits per heavy atom. The van der Waals surface area contributed by atoms with Gasteiger partial charge in [-0.1, -0.05) is 30.7 Å². The monoisotopic (exact) mass is 331 g/mol. The Hall–Kier alpha value is -1.59. The predicted molar refractivity (Wildman–Crippen MR) is 94.9 cm³/mol. The second-order valence-electron chi connectivity index (χ2n) is 7.64. The van der Waals surface area contributed by atoms with Gasteiger partial charge in [0.15, 0.2) is 0 Å². The summed E-state index contributed by atoms with van der Waals surface area (Å²) >= 11 is 0. The molecule has 2 atom stereocenters. The van der Waals surface area contributed by atoms with Crippen LogP contribution in [0.4, 0.5) is 4.79 Å². The number of amides is 2. The quantitative estimate of drug-likeness (QED) is 0.792. The standard InChI is InChI=1S/C19H29N3O2/c1-19(2,22-10-6-3-7-11-22)13-20-18(24)21-17-15-9-5-4-8-14(15)12-16(17)23/h4-5,8-9,16-17,23H,3,6-7,10-13H2,1-2H3,(H2,20,21,24). The van der Waals surface area contributed by atoms with Crippen molar-refractivity contribution in [1.29, 1.82) is 0 Å². The Labute approximate surface area is 144 Å². The van der Waals surface area contributed by atoms with E-state index < -0.39 is 6.10 Å². The van der Waals surface area contributed by atoms with Crippen LogP contribution in [0.1, 0.15) is 50.3 Å². The van der Waals surface area contributed by atoms with Crippen molar-refractivity contribution in [1.82, 2.24) is 15.5 Å². The number of urea groups is 1. The minimum absolute atomic E-state index is 0.0516. The van der Waals surface area contributed by atoms with E-state index in [-0.39, 0.29) is 17.6 Å². The predicted octanol–water partition coefficient (Wildman–Crippen LogP) is 2.21. The molecule has 0 bridgehead atoms. The largest absolute Gasteiger partial charge is 0.390 e. The van der Waals surface area contributed by atoms with Crippen LogP contribution in [0, 0.1) is 0 Å². The number of hydrogen-bond acceptors (Lipinski definition) is 3. The minimum Gasteiger partial charge on any atom is -0.390 e. The van der Waals surface area contributed by atoms with Gasteiger partial charge in [0.25, 0.3) is 0 Å². The van der Waals surface area contributed by atoms with Gasteiger partial charge in [-0.05, 0) is 50.9 Å². The molecule has 24 heavy (non-hydrogen) atoms. The number of piperidine rings is 1. The number of likely N-dealkylation sites (tertiary alicyclic amines) is 1. The number of carbonyl (C=O) groups is 1. The van der Waals surface area contributed by atoms with Gasteiger partial charge in [-0.25, -0.2) is 4.79 Å². The summed E-state index contributed by atoms with van der Waals surface area (Å²) in [6.45, 7) is 7.16. The molecule has 1 saturated heterocycles. The molecule has 0 saturated carbocycles. The van der Waals surface area contributed by atoms with Gasteiger partial charge in [-0.3, -0.25) is 4.90 Å². The molecule has 1 fully saturated rings. The highest BCUT2D eigenvalue weighted by Crippen LogP contribution is 2.31. The first-order valence-corrected chi connectivity index (χ1v) is 9.03. The maximum absolute atomic E-state index is 12.3. The van der Waals surface area contributed by atoms with Gasteiger partial charge in [0.1, 0.15) is 0 Å². The van der Waals surface area contributed by atoms with E-state index >= 15 is 0 Å². The molecule has 5 heteroatoms. The van der Waals surface area contributed by atoms with Crippen molar-refractivity contribution in [3.05, 3.63) is 35.4 Å². The molecule has 2 unspecified atom stereocenters. The van der Waals surface area contributed by atoms with Crippen LogP contribution in [0.15, 0.2) is 24.3 Å². The summed E-state index contributed by atoms with van der Waals surface area (Å²) in [7, 11) is 0. The average Bonchev–Trinajstić information content (AvgIpc) is 2.90. The first-order valence-electron chi connectivity index (χ1n) is 9.03. The zero-order chi connectivity index (χ0) is 17.2. The summed E-state index contributed by atoms with van der Waals surface area (Å²) in [4.78, 5) is 14.8. The highest BCUT2D eigenvalue weighted by Gasteiger charge is 2.33. The summed E-state index contributed by atoms with van der Waals surface area (Å²) < 4.78 is 0. The molecule has 2 amide bonds. The molecule has 1 heterocycles. The van der Waals surface area contributed by atoms with Crippen molar-refractivity contribution in [2.45, 2.75) is 57.2 Å². The summed E-state index contributed by atoms with van der Waals surface area (Å²) in [6.07, 6.45) is 3.82. The molecule has 1 aliphatic heterocycles. The molecule has 5 nitrogen and oxygen atoms in total. The Bertz CT molecular complexity index is 582. The average molecular weight is 331 g/mol. The fraction of sp³-hybridized carbons (Fsp3) is 0.632. The molecule has 3 N–H and O–H groups in total. The van der Waals surface area contributed by atoms with Gasteiger partial charge in [-0.15, -0.1) is 0 Å². The first-order chi connectivity index (χ1) is 11.5. The maximum atomic E-state index is 12.3. The SMILES string of the molecule is CC(C)(CNC(=O)NC1c2ccccc2CC1O)N1CCCCC1. The van der Waals surface area contributed by atoms with Gasteiger partial charge in [0.2, 0.25) is 0 Å². The van der Waals surface area contributed by atoms with Crippen LogP contribution >= 0.6 is 0 Å². The zero-order valence-electron chi connectivity index (χ0n) is 14.7. The van der Waals surface area contributed by atoms with Crippen LogP contribution in [0.2, 0.25) is 0 Å². The van der Waals surface area contributed by atoms with E-state index in [9.17, 15) is 9.90 Å². The number of rotatable bonds is 4. The van der Waals surface area contributed by atoms with Crippen LogP contribution in [-0.4, -0.2) is 47.3 Å². The Balaban J connectivity index is 1.54. The van der Waals surface area contributed by atoms with Crippen molar-refractivity contribution in [2.24, 2.45) is 0 Å². The molecule has 0 spiro atoms. The van der Waals surface area contributed by atoms with Crippen molar-refractivity contribution < 1.29 is 9.90 Å². The molecule has 1 aromatic carbocycles. The van der Waals surface area contributed by atoms with E-state index in [0.29, 0.717) is 13.0 Å². The van der Waals surface area contributed by atoms with Gasteiger partial charge in [0.05, 0.1) is 12.1 Å². The topological polar surface area (TPSA) is 64.6 Å². The van der Waals surface area contributed by atoms with E-state index in [1.54, 1.807) is 0 Å². The summed E-state index contributed by atoms with van der Waals surface area (Å²) in [5.74, 6) is 0. The highest BCUT2D eigenvalue weighted by molar-refractivity contribution is 5.75. The summed E-state index contributed by atoms with van der Waals surface area (Å²) in [6, 6.07) is 7.38. The number of fused-ring (bicyclic) bond motifs is 1. The molecule has 0 radical (unpaired) electrons. The van der Waals surface area contributed by atoms with Crippen molar-refractivity contribution in [3.63, 3.8) is 0 Å². The smallest absolute Gasteiger partial charge is 0.315 e. The number of nitrogens with one attached hydrogen (secondary N) is 2. The van der Waals surface area contributed by atoms with E-state index in [0.717, 1.165) is 24.2 Å². The molecule has 2 aliphatic rings. The van der Waals surface area contributed by atoms with Gasteiger partial charge in [-0.2, -0.15) is 0 Å². The second-order valence-corrected chi connectivity index (χ2v) is 7.64. The van der Waals surface area contributed by atoms with Gasteiger partial charge >= 0.3 is 6.03 Å². The lowest BCUT2D eigenvalue weighted by Crippen LogP contribution is -2.55. The van der Waals surface area contributed by atoms with Gasteiger partial charge < -0.3 is 15.7 Å². The number of nitrogens with zero attached hydrogens (tertiary/aromatic N) is 1. The number of carbonyl (C=O) groups excluding carboxylic acids is 1. The van der Waals surface area contributed by atoms with Crippen LogP contribution in [-0.2, 0) is 6.42 Å². The lowest BCUT2D eigenvalue weighted by Gasteiger charge is -2.41. The van der Waals surface area contributed by atoms with Crippen LogP contribution in [0.25, 0.3) is 0 Å². The Morgan fingerprint density at radius 2 is 1.96 bits per heavy atom. The fourth-order valence-electron chi connectivity index (χ4n) is 3.85. The van der Waals surface area contributed by atoms with E-state index in [4.69, 9.17) is 0 Å². The van der Waals surface area contributed by atoms with Crippen molar-refractivity contribution >= 4 is 6.03 Å². The lowest BCUT2D eigenvalue weighted by atomic mass is 9.98. The number of aliphatic hydroxyl groups is 1. The third kappa shape index (κ3) is 3.73. The number of hydrogen-bond donors (Lipinski definition) is 3. The molecule has 1 aliphatic carbocycles. The normalized spacial score (nSPS) is 24.5. The number of aliphatic hydroxyl groups excluding tert-OH is 1. The lowest BCUT2D eigenvalue weighted by molar-refractivity contribution is 0.0950. The number of benzene rings is 1. The van der Waals surface area contributed by atoms with Gasteiger partial charge in [0, 0.05) is 18.5 Å². The maximum Gasteiger partial charge on any atom is 0.315 e. The zero-order valence-corrected chi connectivity index (χ0v) is 14.7. The van der Waals surface area contributed by atoms with Crippen molar-refractivity contribution in [3.8, 4) is 0 Å². The summed E-state index contributed by atoms with van der Waals surface area (Å²) in [5, 5.41) is 16.2. The fourth-order valence-corrected chi connectivity index (χ4v) is 3.85. The molecular weight excluding hydrogens is 302 g/mol. The third-order valence-electron chi connectivity index (χ3n) is 5.38. The van der Waals surface area contributed by atoms with Crippen LogP contribution in [0.3, 0.4) is 0 Å². The summed E-state index contributed by atoms with van der Waals surface area (Å²) in [5.41, 5.74) is 2.09. The van der Waals surface area contributed by atoms with Crippen molar-refractivity contribution in [2.75, 3.05) is 19.6 Å². The Morgan fingerprint density at radius 1 is 1.25 bits per heavy atom. The first kappa shape index (κ1) is 17.2.